The van der Waals surface area contributed by atoms with Gasteiger partial charge in [0.2, 0.25) is 5.91 Å². The molecule has 0 atom stereocenters. The largest absolute Gasteiger partial charge is 0.354 e. The van der Waals surface area contributed by atoms with E-state index in [9.17, 15) is 4.79 Å². The Kier molecular flexibility index (Phi) is 8.11. The van der Waals surface area contributed by atoms with Gasteiger partial charge in [0.1, 0.15) is 5.84 Å². The summed E-state index contributed by atoms with van der Waals surface area (Å²) >= 11 is 0. The molecule has 1 amide bonds. The fraction of sp³-hybridized carbons (Fsp3) is 0.692. The van der Waals surface area contributed by atoms with Crippen LogP contribution in [0.2, 0.25) is 0 Å². The third-order valence-electron chi connectivity index (χ3n) is 2.73. The monoisotopic (exact) mass is 239 g/mol. The average Bonchev–Trinajstić information content (AvgIpc) is 2.29. The minimum absolute atomic E-state index is 0.127. The summed E-state index contributed by atoms with van der Waals surface area (Å²) in [6.45, 7) is 8.76. The van der Waals surface area contributed by atoms with Gasteiger partial charge in [-0.2, -0.15) is 0 Å². The fourth-order valence-corrected chi connectivity index (χ4v) is 1.39. The third kappa shape index (κ3) is 6.76. The number of amides is 1. The lowest BCUT2D eigenvalue weighted by Gasteiger charge is -2.22. The number of unbranched alkanes of at least 4 members (excludes halogenated alkanes) is 2. The quantitative estimate of drug-likeness (QED) is 0.387. The molecule has 17 heavy (non-hydrogen) atoms. The summed E-state index contributed by atoms with van der Waals surface area (Å²) in [5.74, 6) is 0.928. The molecule has 0 aromatic heterocycles. The maximum atomic E-state index is 11.9. The van der Waals surface area contributed by atoms with Crippen LogP contribution in [0.1, 0.15) is 33.1 Å². The molecule has 4 nitrogen and oxygen atoms in total. The van der Waals surface area contributed by atoms with E-state index >= 15 is 0 Å². The molecule has 0 aliphatic carbocycles. The van der Waals surface area contributed by atoms with Crippen LogP contribution in [0.5, 0.6) is 0 Å². The van der Waals surface area contributed by atoms with Crippen molar-refractivity contribution in [1.29, 1.82) is 0 Å². The van der Waals surface area contributed by atoms with Gasteiger partial charge in [-0.15, -0.1) is 0 Å². The van der Waals surface area contributed by atoms with E-state index in [0.717, 1.165) is 18.8 Å². The molecule has 0 aromatic rings. The minimum Gasteiger partial charge on any atom is -0.354 e. The number of amidine groups is 1. The summed E-state index contributed by atoms with van der Waals surface area (Å²) in [5, 5.41) is 0. The van der Waals surface area contributed by atoms with Crippen molar-refractivity contribution < 1.29 is 4.79 Å². The number of likely N-dealkylation sites (N-methyl/N-ethyl adjacent to an activating group) is 2. The number of nitrogens with zero attached hydrogens (tertiary/aromatic N) is 3. The van der Waals surface area contributed by atoms with Gasteiger partial charge in [-0.3, -0.25) is 4.79 Å². The number of aliphatic imine (C=N–C) groups is 1. The predicted octanol–water partition coefficient (Wildman–Crippen LogP) is 2.13. The van der Waals surface area contributed by atoms with Gasteiger partial charge in [0.05, 0.1) is 6.54 Å². The SMILES string of the molecule is C=CN=C(C)N(C)CC(=O)N(C)CCCCC. The Labute approximate surface area is 105 Å². The molecule has 0 aliphatic rings. The van der Waals surface area contributed by atoms with Crippen molar-refractivity contribution in [3.05, 3.63) is 12.8 Å². The maximum absolute atomic E-state index is 11.9. The zero-order valence-corrected chi connectivity index (χ0v) is 11.6. The maximum Gasteiger partial charge on any atom is 0.241 e. The lowest BCUT2D eigenvalue weighted by atomic mass is 10.2. The van der Waals surface area contributed by atoms with Gasteiger partial charge in [-0.1, -0.05) is 26.3 Å². The first-order valence-corrected chi connectivity index (χ1v) is 6.13. The first-order valence-electron chi connectivity index (χ1n) is 6.13. The lowest BCUT2D eigenvalue weighted by Crippen LogP contribution is -2.38. The van der Waals surface area contributed by atoms with Crippen molar-refractivity contribution in [2.24, 2.45) is 4.99 Å². The van der Waals surface area contributed by atoms with Crippen molar-refractivity contribution in [3.8, 4) is 0 Å². The first kappa shape index (κ1) is 15.7. The van der Waals surface area contributed by atoms with E-state index in [1.54, 1.807) is 4.90 Å². The van der Waals surface area contributed by atoms with Crippen LogP contribution >= 0.6 is 0 Å². The highest BCUT2D eigenvalue weighted by atomic mass is 16.2. The molecule has 0 rings (SSSR count). The van der Waals surface area contributed by atoms with E-state index in [-0.39, 0.29) is 5.91 Å². The van der Waals surface area contributed by atoms with Gasteiger partial charge in [0.15, 0.2) is 0 Å². The zero-order chi connectivity index (χ0) is 13.3. The molecule has 0 aliphatic heterocycles. The van der Waals surface area contributed by atoms with Gasteiger partial charge < -0.3 is 9.80 Å². The Morgan fingerprint density at radius 2 is 1.94 bits per heavy atom. The summed E-state index contributed by atoms with van der Waals surface area (Å²) in [4.78, 5) is 19.5. The molecular weight excluding hydrogens is 214 g/mol. The molecule has 4 heteroatoms. The topological polar surface area (TPSA) is 35.9 Å². The van der Waals surface area contributed by atoms with Gasteiger partial charge in [0.25, 0.3) is 0 Å². The molecule has 98 valence electrons. The van der Waals surface area contributed by atoms with Crippen LogP contribution in [0.15, 0.2) is 17.8 Å². The summed E-state index contributed by atoms with van der Waals surface area (Å²) in [6, 6.07) is 0. The molecule has 0 saturated carbocycles. The summed E-state index contributed by atoms with van der Waals surface area (Å²) in [6.07, 6.45) is 4.90. The highest BCUT2D eigenvalue weighted by molar-refractivity contribution is 5.86. The van der Waals surface area contributed by atoms with E-state index in [1.807, 2.05) is 25.9 Å². The molecule has 0 aromatic carbocycles. The molecular formula is C13H25N3O. The summed E-state index contributed by atoms with van der Waals surface area (Å²) in [7, 11) is 3.71. The van der Waals surface area contributed by atoms with Crippen molar-refractivity contribution in [2.75, 3.05) is 27.2 Å². The molecule has 0 bridgehead atoms. The van der Waals surface area contributed by atoms with Crippen LogP contribution in [0.4, 0.5) is 0 Å². The Hall–Kier alpha value is -1.32. The van der Waals surface area contributed by atoms with E-state index in [0.29, 0.717) is 6.54 Å². The van der Waals surface area contributed by atoms with Gasteiger partial charge in [-0.25, -0.2) is 4.99 Å². The van der Waals surface area contributed by atoms with E-state index < -0.39 is 0 Å². The fourth-order valence-electron chi connectivity index (χ4n) is 1.39. The van der Waals surface area contributed by atoms with Crippen LogP contribution in [0, 0.1) is 0 Å². The normalized spacial score (nSPS) is 11.2. The second-order valence-electron chi connectivity index (χ2n) is 4.24. The minimum atomic E-state index is 0.127. The van der Waals surface area contributed by atoms with Crippen molar-refractivity contribution in [3.63, 3.8) is 0 Å². The number of rotatable bonds is 7. The molecule has 0 saturated heterocycles. The smallest absolute Gasteiger partial charge is 0.241 e. The van der Waals surface area contributed by atoms with E-state index in [1.165, 1.54) is 19.0 Å². The lowest BCUT2D eigenvalue weighted by molar-refractivity contribution is -0.130. The summed E-state index contributed by atoms with van der Waals surface area (Å²) < 4.78 is 0. The molecule has 0 N–H and O–H groups in total. The van der Waals surface area contributed by atoms with Crippen molar-refractivity contribution in [1.82, 2.24) is 9.80 Å². The second kappa shape index (κ2) is 8.79. The highest BCUT2D eigenvalue weighted by Gasteiger charge is 2.11. The number of hydrogen-bond acceptors (Lipinski definition) is 2. The van der Waals surface area contributed by atoms with Crippen LogP contribution in [-0.4, -0.2) is 48.7 Å². The van der Waals surface area contributed by atoms with Gasteiger partial charge in [0, 0.05) is 26.8 Å². The van der Waals surface area contributed by atoms with Crippen LogP contribution in [0.25, 0.3) is 0 Å². The Morgan fingerprint density at radius 3 is 2.47 bits per heavy atom. The van der Waals surface area contributed by atoms with Crippen LogP contribution < -0.4 is 0 Å². The number of carbonyl (C=O) groups is 1. The van der Waals surface area contributed by atoms with Crippen LogP contribution in [-0.2, 0) is 4.79 Å². The van der Waals surface area contributed by atoms with Crippen molar-refractivity contribution in [2.45, 2.75) is 33.1 Å². The molecule has 0 spiro atoms. The standard InChI is InChI=1S/C13H25N3O/c1-6-8-9-10-15(4)13(17)11-16(5)12(3)14-7-2/h7H,2,6,8-11H2,1,3-5H3. The zero-order valence-electron chi connectivity index (χ0n) is 11.6. The highest BCUT2D eigenvalue weighted by Crippen LogP contribution is 1.98. The summed E-state index contributed by atoms with van der Waals surface area (Å²) in [5.41, 5.74) is 0. The Bertz CT molecular complexity index is 274. The molecule has 0 fully saturated rings. The van der Waals surface area contributed by atoms with Gasteiger partial charge >= 0.3 is 0 Å². The van der Waals surface area contributed by atoms with E-state index in [4.69, 9.17) is 0 Å². The Morgan fingerprint density at radius 1 is 1.29 bits per heavy atom. The molecule has 0 heterocycles. The first-order chi connectivity index (χ1) is 8.02. The molecule has 0 radical (unpaired) electrons. The van der Waals surface area contributed by atoms with Gasteiger partial charge in [-0.05, 0) is 13.3 Å². The molecule has 0 unspecified atom stereocenters. The van der Waals surface area contributed by atoms with E-state index in [2.05, 4.69) is 18.5 Å². The Balaban J connectivity index is 4.06. The predicted molar refractivity (Wildman–Crippen MR) is 73.1 cm³/mol. The number of carbonyl (C=O) groups excluding carboxylic acids is 1. The second-order valence-corrected chi connectivity index (χ2v) is 4.24. The number of hydrogen-bond donors (Lipinski definition) is 0. The van der Waals surface area contributed by atoms with Crippen molar-refractivity contribution >= 4 is 11.7 Å². The van der Waals surface area contributed by atoms with Crippen LogP contribution in [0.3, 0.4) is 0 Å². The average molecular weight is 239 g/mol. The third-order valence-corrected chi connectivity index (χ3v) is 2.73.